The summed E-state index contributed by atoms with van der Waals surface area (Å²) in [4.78, 5) is 24.9. The topological polar surface area (TPSA) is 49.4 Å². The minimum atomic E-state index is -0.353. The van der Waals surface area contributed by atoms with Crippen molar-refractivity contribution in [3.63, 3.8) is 0 Å². The summed E-state index contributed by atoms with van der Waals surface area (Å²) in [5.74, 6) is -0.633. The molecule has 0 aliphatic carbocycles. The van der Waals surface area contributed by atoms with E-state index in [9.17, 15) is 14.0 Å². The van der Waals surface area contributed by atoms with Crippen LogP contribution in [0.4, 0.5) is 4.39 Å². The molecular weight excluding hydrogens is 235 g/mol. The van der Waals surface area contributed by atoms with Crippen LogP contribution in [0.1, 0.15) is 12.0 Å². The molecule has 2 amide bonds. The van der Waals surface area contributed by atoms with Gasteiger partial charge in [-0.15, -0.1) is 0 Å². The van der Waals surface area contributed by atoms with Gasteiger partial charge in [-0.3, -0.25) is 9.59 Å². The predicted molar refractivity (Wildman–Crippen MR) is 64.3 cm³/mol. The average molecular weight is 250 g/mol. The van der Waals surface area contributed by atoms with Crippen LogP contribution in [0.25, 0.3) is 0 Å². The van der Waals surface area contributed by atoms with Gasteiger partial charge in [-0.2, -0.15) is 0 Å². The summed E-state index contributed by atoms with van der Waals surface area (Å²) >= 11 is 0. The molecule has 1 heterocycles. The Labute approximate surface area is 105 Å². The standard InChI is InChI=1S/C13H15FN2O2/c14-11-4-1-3-10(7-11)8-13(18)16-6-2-5-15-12(17)9-16/h1,3-4,7H,2,5-6,8-9H2,(H,15,17). The number of amides is 2. The first-order valence-corrected chi connectivity index (χ1v) is 5.94. The minimum Gasteiger partial charge on any atom is -0.354 e. The first kappa shape index (κ1) is 12.5. The highest BCUT2D eigenvalue weighted by molar-refractivity contribution is 5.86. The lowest BCUT2D eigenvalue weighted by Crippen LogP contribution is -2.38. The SMILES string of the molecule is O=C1CN(C(=O)Cc2cccc(F)c2)CCCN1. The van der Waals surface area contributed by atoms with E-state index >= 15 is 0 Å². The van der Waals surface area contributed by atoms with Gasteiger partial charge in [0, 0.05) is 13.1 Å². The van der Waals surface area contributed by atoms with Crippen molar-refractivity contribution < 1.29 is 14.0 Å². The van der Waals surface area contributed by atoms with Crippen LogP contribution in [0.15, 0.2) is 24.3 Å². The fourth-order valence-electron chi connectivity index (χ4n) is 1.95. The zero-order valence-corrected chi connectivity index (χ0v) is 9.99. The van der Waals surface area contributed by atoms with Gasteiger partial charge < -0.3 is 10.2 Å². The maximum absolute atomic E-state index is 13.0. The molecule has 1 fully saturated rings. The summed E-state index contributed by atoms with van der Waals surface area (Å²) in [6, 6.07) is 5.97. The lowest BCUT2D eigenvalue weighted by molar-refractivity contribution is -0.134. The van der Waals surface area contributed by atoms with Crippen molar-refractivity contribution in [2.45, 2.75) is 12.8 Å². The van der Waals surface area contributed by atoms with Gasteiger partial charge in [-0.25, -0.2) is 4.39 Å². The Morgan fingerprint density at radius 2 is 2.28 bits per heavy atom. The summed E-state index contributed by atoms with van der Waals surface area (Å²) in [5.41, 5.74) is 0.629. The fraction of sp³-hybridized carbons (Fsp3) is 0.385. The van der Waals surface area contributed by atoms with Crippen LogP contribution < -0.4 is 5.32 Å². The number of carbonyl (C=O) groups is 2. The Morgan fingerprint density at radius 3 is 3.06 bits per heavy atom. The third-order valence-electron chi connectivity index (χ3n) is 2.86. The number of carbonyl (C=O) groups excluding carboxylic acids is 2. The van der Waals surface area contributed by atoms with Crippen molar-refractivity contribution >= 4 is 11.8 Å². The van der Waals surface area contributed by atoms with Crippen molar-refractivity contribution in [3.05, 3.63) is 35.6 Å². The highest BCUT2D eigenvalue weighted by Gasteiger charge is 2.19. The van der Waals surface area contributed by atoms with Crippen molar-refractivity contribution in [1.29, 1.82) is 0 Å². The first-order chi connectivity index (χ1) is 8.65. The Hall–Kier alpha value is -1.91. The number of nitrogens with one attached hydrogen (secondary N) is 1. The van der Waals surface area contributed by atoms with Gasteiger partial charge in [0.1, 0.15) is 5.82 Å². The van der Waals surface area contributed by atoms with Crippen LogP contribution in [0.5, 0.6) is 0 Å². The van der Waals surface area contributed by atoms with E-state index in [0.29, 0.717) is 18.7 Å². The van der Waals surface area contributed by atoms with Crippen molar-refractivity contribution in [1.82, 2.24) is 10.2 Å². The molecule has 18 heavy (non-hydrogen) atoms. The normalized spacial score (nSPS) is 16.1. The van der Waals surface area contributed by atoms with Gasteiger partial charge in [-0.05, 0) is 24.1 Å². The third-order valence-corrected chi connectivity index (χ3v) is 2.86. The van der Waals surface area contributed by atoms with Crippen LogP contribution in [0.2, 0.25) is 0 Å². The Kier molecular flexibility index (Phi) is 3.92. The van der Waals surface area contributed by atoms with Crippen LogP contribution in [0, 0.1) is 5.82 Å². The van der Waals surface area contributed by atoms with Crippen LogP contribution in [-0.2, 0) is 16.0 Å². The monoisotopic (exact) mass is 250 g/mol. The molecule has 0 spiro atoms. The predicted octanol–water partition coefficient (Wildman–Crippen LogP) is 0.717. The number of nitrogens with zero attached hydrogens (tertiary/aromatic N) is 1. The van der Waals surface area contributed by atoms with Crippen LogP contribution in [0.3, 0.4) is 0 Å². The second kappa shape index (κ2) is 5.62. The molecule has 1 aromatic rings. The van der Waals surface area contributed by atoms with Crippen molar-refractivity contribution in [3.8, 4) is 0 Å². The highest BCUT2D eigenvalue weighted by Crippen LogP contribution is 2.07. The molecule has 0 atom stereocenters. The van der Waals surface area contributed by atoms with Gasteiger partial charge in [0.15, 0.2) is 0 Å². The lowest BCUT2D eigenvalue weighted by atomic mass is 10.1. The van der Waals surface area contributed by atoms with E-state index < -0.39 is 0 Å². The van der Waals surface area contributed by atoms with E-state index in [4.69, 9.17) is 0 Å². The van der Waals surface area contributed by atoms with Crippen molar-refractivity contribution in [2.24, 2.45) is 0 Å². The highest BCUT2D eigenvalue weighted by atomic mass is 19.1. The molecule has 0 radical (unpaired) electrons. The van der Waals surface area contributed by atoms with E-state index in [2.05, 4.69) is 5.32 Å². The molecule has 0 aromatic heterocycles. The van der Waals surface area contributed by atoms with E-state index in [1.807, 2.05) is 0 Å². The Bertz CT molecular complexity index is 462. The maximum Gasteiger partial charge on any atom is 0.239 e. The molecule has 1 aliphatic heterocycles. The number of rotatable bonds is 2. The number of benzene rings is 1. The molecule has 5 heteroatoms. The molecule has 0 saturated carbocycles. The molecule has 4 nitrogen and oxygen atoms in total. The van der Waals surface area contributed by atoms with E-state index in [1.54, 1.807) is 12.1 Å². The van der Waals surface area contributed by atoms with Gasteiger partial charge in [0.25, 0.3) is 0 Å². The molecule has 1 aromatic carbocycles. The second-order valence-electron chi connectivity index (χ2n) is 4.33. The fourth-order valence-corrected chi connectivity index (χ4v) is 1.95. The maximum atomic E-state index is 13.0. The largest absolute Gasteiger partial charge is 0.354 e. The quantitative estimate of drug-likeness (QED) is 0.840. The van der Waals surface area contributed by atoms with Gasteiger partial charge in [0.05, 0.1) is 13.0 Å². The van der Waals surface area contributed by atoms with E-state index in [-0.39, 0.29) is 30.6 Å². The number of hydrogen-bond acceptors (Lipinski definition) is 2. The summed E-state index contributed by atoms with van der Waals surface area (Å²) in [7, 11) is 0. The zero-order chi connectivity index (χ0) is 13.0. The Balaban J connectivity index is 2.00. The molecule has 96 valence electrons. The van der Waals surface area contributed by atoms with Gasteiger partial charge in [0.2, 0.25) is 11.8 Å². The molecule has 0 bridgehead atoms. The molecule has 0 unspecified atom stereocenters. The summed E-state index contributed by atoms with van der Waals surface area (Å²) in [6.07, 6.45) is 0.881. The first-order valence-electron chi connectivity index (χ1n) is 5.94. The summed E-state index contributed by atoms with van der Waals surface area (Å²) in [5, 5.41) is 2.71. The van der Waals surface area contributed by atoms with E-state index in [0.717, 1.165) is 6.42 Å². The lowest BCUT2D eigenvalue weighted by Gasteiger charge is -2.18. The molecule has 1 aliphatic rings. The minimum absolute atomic E-state index is 0.0914. The van der Waals surface area contributed by atoms with E-state index in [1.165, 1.54) is 17.0 Å². The molecule has 1 N–H and O–H groups in total. The third kappa shape index (κ3) is 3.29. The van der Waals surface area contributed by atoms with Crippen molar-refractivity contribution in [2.75, 3.05) is 19.6 Å². The smallest absolute Gasteiger partial charge is 0.239 e. The van der Waals surface area contributed by atoms with Gasteiger partial charge >= 0.3 is 0 Å². The summed E-state index contributed by atoms with van der Waals surface area (Å²) < 4.78 is 13.0. The zero-order valence-electron chi connectivity index (χ0n) is 9.99. The molecular formula is C13H15FN2O2. The average Bonchev–Trinajstić information content (AvgIpc) is 2.54. The summed E-state index contributed by atoms with van der Waals surface area (Å²) in [6.45, 7) is 1.25. The second-order valence-corrected chi connectivity index (χ2v) is 4.33. The Morgan fingerprint density at radius 1 is 1.44 bits per heavy atom. The van der Waals surface area contributed by atoms with Gasteiger partial charge in [-0.1, -0.05) is 12.1 Å². The number of halogens is 1. The molecule has 2 rings (SSSR count). The number of hydrogen-bond donors (Lipinski definition) is 1. The molecule has 1 saturated heterocycles. The van der Waals surface area contributed by atoms with Crippen LogP contribution in [-0.4, -0.2) is 36.3 Å². The van der Waals surface area contributed by atoms with Crippen LogP contribution >= 0.6 is 0 Å².